The molecule has 0 aliphatic heterocycles. The molecule has 0 aromatic heterocycles. The lowest BCUT2D eigenvalue weighted by Gasteiger charge is -2.18. The van der Waals surface area contributed by atoms with Crippen LogP contribution in [0.5, 0.6) is 0 Å². The fraction of sp³-hybridized carbons (Fsp3) is 0.867. The lowest BCUT2D eigenvalue weighted by Crippen LogP contribution is -2.40. The van der Waals surface area contributed by atoms with Crippen molar-refractivity contribution in [1.29, 1.82) is 0 Å². The summed E-state index contributed by atoms with van der Waals surface area (Å²) in [6.45, 7) is 7.40. The zero-order chi connectivity index (χ0) is 15.1. The molecule has 1 saturated carbocycles. The van der Waals surface area contributed by atoms with Gasteiger partial charge in [-0.25, -0.2) is 4.79 Å². The van der Waals surface area contributed by atoms with Crippen LogP contribution in [0.2, 0.25) is 0 Å². The van der Waals surface area contributed by atoms with Crippen molar-refractivity contribution in [2.24, 2.45) is 23.7 Å². The first-order chi connectivity index (χ1) is 9.38. The lowest BCUT2D eigenvalue weighted by atomic mass is 9.94. The van der Waals surface area contributed by atoms with Crippen molar-refractivity contribution in [2.45, 2.75) is 46.5 Å². The highest BCUT2D eigenvalue weighted by molar-refractivity contribution is 5.74. The van der Waals surface area contributed by atoms with E-state index in [0.717, 1.165) is 12.3 Å². The van der Waals surface area contributed by atoms with E-state index in [2.05, 4.69) is 31.4 Å². The van der Waals surface area contributed by atoms with Crippen LogP contribution in [0.25, 0.3) is 0 Å². The molecule has 2 amide bonds. The monoisotopic (exact) mass is 284 g/mol. The number of rotatable bonds is 9. The van der Waals surface area contributed by atoms with Gasteiger partial charge in [-0.1, -0.05) is 20.8 Å². The van der Waals surface area contributed by atoms with Crippen molar-refractivity contribution < 1.29 is 14.7 Å². The minimum atomic E-state index is -0.805. The molecule has 0 heterocycles. The van der Waals surface area contributed by atoms with Crippen LogP contribution < -0.4 is 10.6 Å². The van der Waals surface area contributed by atoms with E-state index in [1.807, 2.05) is 0 Å². The SMILES string of the molecule is CC(C)CC(CNC(=O)NCC(C)C1CC1)CC(=O)O. The van der Waals surface area contributed by atoms with Crippen molar-refractivity contribution in [2.75, 3.05) is 13.1 Å². The molecule has 1 aliphatic rings. The van der Waals surface area contributed by atoms with Crippen LogP contribution in [0.1, 0.15) is 46.5 Å². The summed E-state index contributed by atoms with van der Waals surface area (Å²) in [4.78, 5) is 22.5. The predicted molar refractivity (Wildman–Crippen MR) is 78.5 cm³/mol. The third-order valence-electron chi connectivity index (χ3n) is 3.83. The molecule has 5 nitrogen and oxygen atoms in total. The van der Waals surface area contributed by atoms with Gasteiger partial charge < -0.3 is 15.7 Å². The second-order valence-electron chi connectivity index (χ2n) is 6.50. The van der Waals surface area contributed by atoms with Gasteiger partial charge in [0.2, 0.25) is 0 Å². The molecular weight excluding hydrogens is 256 g/mol. The molecule has 2 atom stereocenters. The summed E-state index contributed by atoms with van der Waals surface area (Å²) in [5.41, 5.74) is 0. The van der Waals surface area contributed by atoms with Crippen LogP contribution in [-0.2, 0) is 4.79 Å². The molecule has 0 aromatic rings. The van der Waals surface area contributed by atoms with Crippen LogP contribution >= 0.6 is 0 Å². The minimum Gasteiger partial charge on any atom is -0.481 e. The summed E-state index contributed by atoms with van der Waals surface area (Å²) < 4.78 is 0. The third kappa shape index (κ3) is 7.36. The van der Waals surface area contributed by atoms with Crippen LogP contribution in [0, 0.1) is 23.7 Å². The third-order valence-corrected chi connectivity index (χ3v) is 3.83. The molecule has 1 rings (SSSR count). The van der Waals surface area contributed by atoms with E-state index in [4.69, 9.17) is 5.11 Å². The van der Waals surface area contributed by atoms with Gasteiger partial charge in [0.15, 0.2) is 0 Å². The highest BCUT2D eigenvalue weighted by atomic mass is 16.4. The largest absolute Gasteiger partial charge is 0.481 e. The van der Waals surface area contributed by atoms with Crippen molar-refractivity contribution in [1.82, 2.24) is 10.6 Å². The van der Waals surface area contributed by atoms with E-state index >= 15 is 0 Å². The molecule has 0 spiro atoms. The molecule has 1 aliphatic carbocycles. The molecule has 5 heteroatoms. The van der Waals surface area contributed by atoms with Gasteiger partial charge in [-0.2, -0.15) is 0 Å². The predicted octanol–water partition coefficient (Wildman–Crippen LogP) is 2.47. The maximum atomic E-state index is 11.7. The highest BCUT2D eigenvalue weighted by Gasteiger charge is 2.27. The number of carbonyl (C=O) groups is 2. The standard InChI is InChI=1S/C15H28N2O3/c1-10(2)6-12(7-14(18)19)9-17-15(20)16-8-11(3)13-4-5-13/h10-13H,4-9H2,1-3H3,(H,18,19)(H2,16,17,20). The molecule has 20 heavy (non-hydrogen) atoms. The van der Waals surface area contributed by atoms with E-state index < -0.39 is 5.97 Å². The number of hydrogen-bond acceptors (Lipinski definition) is 2. The van der Waals surface area contributed by atoms with Gasteiger partial charge in [0.05, 0.1) is 0 Å². The Balaban J connectivity index is 2.22. The number of amides is 2. The molecule has 1 fully saturated rings. The van der Waals surface area contributed by atoms with Crippen molar-refractivity contribution in [3.8, 4) is 0 Å². The average molecular weight is 284 g/mol. The summed E-state index contributed by atoms with van der Waals surface area (Å²) in [6.07, 6.45) is 3.47. The van der Waals surface area contributed by atoms with E-state index in [0.29, 0.717) is 24.9 Å². The molecule has 3 N–H and O–H groups in total. The second-order valence-corrected chi connectivity index (χ2v) is 6.50. The topological polar surface area (TPSA) is 78.4 Å². The first-order valence-corrected chi connectivity index (χ1v) is 7.62. The van der Waals surface area contributed by atoms with Gasteiger partial charge in [-0.15, -0.1) is 0 Å². The molecule has 0 bridgehead atoms. The number of nitrogens with one attached hydrogen (secondary N) is 2. The van der Waals surface area contributed by atoms with Gasteiger partial charge in [0.1, 0.15) is 0 Å². The minimum absolute atomic E-state index is 0.000828. The molecule has 2 unspecified atom stereocenters. The highest BCUT2D eigenvalue weighted by Crippen LogP contribution is 2.35. The number of carbonyl (C=O) groups excluding carboxylic acids is 1. The van der Waals surface area contributed by atoms with Gasteiger partial charge >= 0.3 is 12.0 Å². The van der Waals surface area contributed by atoms with Crippen LogP contribution in [0.4, 0.5) is 4.79 Å². The number of carboxylic acid groups (broad SMARTS) is 1. The van der Waals surface area contributed by atoms with Gasteiger partial charge in [-0.3, -0.25) is 4.79 Å². The average Bonchev–Trinajstić information content (AvgIpc) is 3.15. The maximum Gasteiger partial charge on any atom is 0.314 e. The lowest BCUT2D eigenvalue weighted by molar-refractivity contribution is -0.138. The summed E-state index contributed by atoms with van der Waals surface area (Å²) in [6, 6.07) is -0.184. The van der Waals surface area contributed by atoms with E-state index in [-0.39, 0.29) is 18.4 Å². The molecule has 0 aromatic carbocycles. The Morgan fingerprint density at radius 1 is 1.15 bits per heavy atom. The number of hydrogen-bond donors (Lipinski definition) is 3. The van der Waals surface area contributed by atoms with E-state index in [1.165, 1.54) is 12.8 Å². The maximum absolute atomic E-state index is 11.7. The molecule has 0 radical (unpaired) electrons. The number of aliphatic carboxylic acids is 1. The van der Waals surface area contributed by atoms with Gasteiger partial charge in [0, 0.05) is 19.5 Å². The summed E-state index contributed by atoms with van der Waals surface area (Å²) in [5, 5.41) is 14.5. The Labute approximate surface area is 121 Å². The fourth-order valence-electron chi connectivity index (χ4n) is 2.54. The summed E-state index contributed by atoms with van der Waals surface area (Å²) in [7, 11) is 0. The Hall–Kier alpha value is -1.26. The summed E-state index contributed by atoms with van der Waals surface area (Å²) >= 11 is 0. The number of urea groups is 1. The number of carboxylic acids is 1. The van der Waals surface area contributed by atoms with Crippen LogP contribution in [-0.4, -0.2) is 30.2 Å². The molecule has 116 valence electrons. The first kappa shape index (κ1) is 16.8. The van der Waals surface area contributed by atoms with Gasteiger partial charge in [-0.05, 0) is 42.9 Å². The second kappa shape index (κ2) is 8.12. The zero-order valence-corrected chi connectivity index (χ0v) is 12.8. The Morgan fingerprint density at radius 3 is 2.25 bits per heavy atom. The van der Waals surface area contributed by atoms with Crippen LogP contribution in [0.3, 0.4) is 0 Å². The van der Waals surface area contributed by atoms with Crippen molar-refractivity contribution >= 4 is 12.0 Å². The zero-order valence-electron chi connectivity index (χ0n) is 12.8. The van der Waals surface area contributed by atoms with Crippen molar-refractivity contribution in [3.63, 3.8) is 0 Å². The first-order valence-electron chi connectivity index (χ1n) is 7.62. The Kier molecular flexibility index (Phi) is 6.82. The fourth-order valence-corrected chi connectivity index (χ4v) is 2.54. The normalized spacial score (nSPS) is 17.6. The smallest absolute Gasteiger partial charge is 0.314 e. The van der Waals surface area contributed by atoms with Crippen molar-refractivity contribution in [3.05, 3.63) is 0 Å². The molecular formula is C15H28N2O3. The Morgan fingerprint density at radius 2 is 1.75 bits per heavy atom. The van der Waals surface area contributed by atoms with E-state index in [1.54, 1.807) is 0 Å². The summed E-state index contributed by atoms with van der Waals surface area (Å²) in [5.74, 6) is 0.931. The molecule has 0 saturated heterocycles. The van der Waals surface area contributed by atoms with E-state index in [9.17, 15) is 9.59 Å². The quantitative estimate of drug-likeness (QED) is 0.608. The van der Waals surface area contributed by atoms with Crippen LogP contribution in [0.15, 0.2) is 0 Å². The van der Waals surface area contributed by atoms with Gasteiger partial charge in [0.25, 0.3) is 0 Å². The Bertz CT molecular complexity index is 327.